The number of rotatable bonds is 3. The Labute approximate surface area is 130 Å². The van der Waals surface area contributed by atoms with Crippen molar-refractivity contribution in [2.45, 2.75) is 13.3 Å². The van der Waals surface area contributed by atoms with Crippen LogP contribution in [0.15, 0.2) is 54.3 Å². The second-order valence-corrected chi connectivity index (χ2v) is 5.69. The topological polar surface area (TPSA) is 47.4 Å². The Bertz CT molecular complexity index is 748. The minimum atomic E-state index is 0.352. The SMILES string of the molecule is C=C1ON=C(c2cc(-c3ccc(CC)cc3)ncn2)[N+]1(C)C. The maximum Gasteiger partial charge on any atom is 0.319 e. The summed E-state index contributed by atoms with van der Waals surface area (Å²) in [7, 11) is 3.93. The molecule has 0 saturated heterocycles. The van der Waals surface area contributed by atoms with Crippen molar-refractivity contribution < 1.29 is 9.32 Å². The van der Waals surface area contributed by atoms with Gasteiger partial charge in [-0.15, -0.1) is 0 Å². The number of hydrogen-bond acceptors (Lipinski definition) is 4. The lowest BCUT2D eigenvalue weighted by Gasteiger charge is -2.20. The van der Waals surface area contributed by atoms with Crippen LogP contribution in [0.25, 0.3) is 11.3 Å². The lowest BCUT2D eigenvalue weighted by molar-refractivity contribution is -0.765. The van der Waals surface area contributed by atoms with Crippen molar-refractivity contribution in [1.29, 1.82) is 0 Å². The third kappa shape index (κ3) is 2.40. The van der Waals surface area contributed by atoms with Crippen LogP contribution in [0.2, 0.25) is 0 Å². The van der Waals surface area contributed by atoms with Crippen molar-refractivity contribution in [3.63, 3.8) is 0 Å². The highest BCUT2D eigenvalue weighted by Gasteiger charge is 2.39. The third-order valence-corrected chi connectivity index (χ3v) is 3.94. The van der Waals surface area contributed by atoms with Crippen molar-refractivity contribution in [3.05, 3.63) is 60.4 Å². The molecule has 0 fully saturated rings. The zero-order valence-electron chi connectivity index (χ0n) is 13.1. The van der Waals surface area contributed by atoms with Gasteiger partial charge in [-0.1, -0.05) is 31.2 Å². The number of quaternary nitrogens is 1. The predicted molar refractivity (Wildman–Crippen MR) is 85.7 cm³/mol. The zero-order chi connectivity index (χ0) is 15.7. The van der Waals surface area contributed by atoms with Crippen molar-refractivity contribution in [2.75, 3.05) is 14.1 Å². The minimum absolute atomic E-state index is 0.352. The van der Waals surface area contributed by atoms with Crippen molar-refractivity contribution >= 4 is 5.84 Å². The van der Waals surface area contributed by atoms with Crippen LogP contribution in [0.5, 0.6) is 0 Å². The highest BCUT2D eigenvalue weighted by atomic mass is 16.7. The Morgan fingerprint density at radius 1 is 1.09 bits per heavy atom. The molecular weight excluding hydrogens is 276 g/mol. The van der Waals surface area contributed by atoms with Gasteiger partial charge >= 0.3 is 5.88 Å². The summed E-state index contributed by atoms with van der Waals surface area (Å²) in [5.41, 5.74) is 3.98. The van der Waals surface area contributed by atoms with Gasteiger partial charge in [0.1, 0.15) is 6.33 Å². The van der Waals surface area contributed by atoms with Gasteiger partial charge in [-0.3, -0.25) is 4.84 Å². The molecule has 0 N–H and O–H groups in total. The number of hydrogen-bond donors (Lipinski definition) is 0. The van der Waals surface area contributed by atoms with Crippen LogP contribution < -0.4 is 0 Å². The third-order valence-electron chi connectivity index (χ3n) is 3.94. The molecule has 0 unspecified atom stereocenters. The molecule has 0 bridgehead atoms. The first-order valence-electron chi connectivity index (χ1n) is 7.23. The van der Waals surface area contributed by atoms with Crippen LogP contribution in [0.3, 0.4) is 0 Å². The van der Waals surface area contributed by atoms with E-state index < -0.39 is 0 Å². The molecule has 1 aliphatic heterocycles. The Morgan fingerprint density at radius 2 is 1.77 bits per heavy atom. The average molecular weight is 295 g/mol. The lowest BCUT2D eigenvalue weighted by Crippen LogP contribution is -2.41. The van der Waals surface area contributed by atoms with Gasteiger partial charge in [-0.05, 0) is 23.2 Å². The van der Waals surface area contributed by atoms with E-state index in [-0.39, 0.29) is 0 Å². The molecule has 1 aromatic heterocycles. The van der Waals surface area contributed by atoms with E-state index in [0.717, 1.165) is 29.2 Å². The van der Waals surface area contributed by atoms with E-state index in [0.29, 0.717) is 10.4 Å². The van der Waals surface area contributed by atoms with E-state index in [4.69, 9.17) is 4.84 Å². The molecule has 0 aliphatic carbocycles. The zero-order valence-corrected chi connectivity index (χ0v) is 13.1. The highest BCUT2D eigenvalue weighted by molar-refractivity contribution is 5.93. The monoisotopic (exact) mass is 295 g/mol. The van der Waals surface area contributed by atoms with Crippen LogP contribution in [-0.2, 0) is 11.3 Å². The van der Waals surface area contributed by atoms with Gasteiger partial charge in [0.15, 0.2) is 5.69 Å². The fourth-order valence-corrected chi connectivity index (χ4v) is 2.30. The molecule has 1 aliphatic rings. The number of aryl methyl sites for hydroxylation is 1. The Morgan fingerprint density at radius 3 is 2.36 bits per heavy atom. The molecule has 22 heavy (non-hydrogen) atoms. The molecule has 0 amide bonds. The summed E-state index contributed by atoms with van der Waals surface area (Å²) < 4.78 is 0.352. The summed E-state index contributed by atoms with van der Waals surface area (Å²) in [6.07, 6.45) is 2.58. The molecule has 2 heterocycles. The van der Waals surface area contributed by atoms with Gasteiger partial charge < -0.3 is 0 Å². The summed E-state index contributed by atoms with van der Waals surface area (Å²) in [6.45, 7) is 6.02. The quantitative estimate of drug-likeness (QED) is 0.818. The first-order valence-corrected chi connectivity index (χ1v) is 7.23. The van der Waals surface area contributed by atoms with E-state index in [2.05, 4.69) is 52.9 Å². The van der Waals surface area contributed by atoms with E-state index in [9.17, 15) is 0 Å². The van der Waals surface area contributed by atoms with Gasteiger partial charge in [0.2, 0.25) is 0 Å². The van der Waals surface area contributed by atoms with Gasteiger partial charge in [0.05, 0.1) is 19.8 Å². The summed E-state index contributed by atoms with van der Waals surface area (Å²) in [4.78, 5) is 13.9. The van der Waals surface area contributed by atoms with Crippen molar-refractivity contribution in [1.82, 2.24) is 9.97 Å². The van der Waals surface area contributed by atoms with Crippen LogP contribution >= 0.6 is 0 Å². The van der Waals surface area contributed by atoms with Gasteiger partial charge in [-0.2, -0.15) is 0 Å². The van der Waals surface area contributed by atoms with Crippen LogP contribution in [0, 0.1) is 0 Å². The Balaban J connectivity index is 1.98. The molecule has 0 saturated carbocycles. The van der Waals surface area contributed by atoms with Gasteiger partial charge in [0.25, 0.3) is 5.84 Å². The second kappa shape index (κ2) is 5.35. The number of aromatic nitrogens is 2. The van der Waals surface area contributed by atoms with Gasteiger partial charge in [-0.25, -0.2) is 14.5 Å². The lowest BCUT2D eigenvalue weighted by atomic mass is 10.1. The summed E-state index contributed by atoms with van der Waals surface area (Å²) in [5, 5.41) is 4.10. The summed E-state index contributed by atoms with van der Waals surface area (Å²) in [5.74, 6) is 1.29. The van der Waals surface area contributed by atoms with Crippen LogP contribution in [0.4, 0.5) is 0 Å². The first kappa shape index (κ1) is 14.4. The largest absolute Gasteiger partial charge is 0.319 e. The second-order valence-electron chi connectivity index (χ2n) is 5.69. The van der Waals surface area contributed by atoms with E-state index in [1.807, 2.05) is 20.2 Å². The molecule has 1 aromatic carbocycles. The summed E-state index contributed by atoms with van der Waals surface area (Å²) in [6, 6.07) is 10.3. The van der Waals surface area contributed by atoms with E-state index in [1.54, 1.807) is 6.33 Å². The van der Waals surface area contributed by atoms with Crippen LogP contribution in [0.1, 0.15) is 18.2 Å². The molecule has 5 heteroatoms. The minimum Gasteiger partial charge on any atom is -0.298 e. The molecule has 2 aromatic rings. The number of nitrogens with zero attached hydrogens (tertiary/aromatic N) is 4. The molecule has 112 valence electrons. The molecular formula is C17H19N4O+. The first-order chi connectivity index (χ1) is 10.5. The molecule has 0 radical (unpaired) electrons. The molecule has 3 rings (SSSR count). The normalized spacial score (nSPS) is 16.3. The standard InChI is InChI=1S/C17H19N4O/c1-5-13-6-8-14(9-7-13)15-10-16(19-11-18-15)17-20-22-12(2)21(17,3)4/h6-11H,2,5H2,1,3-4H3/q+1. The number of amidine groups is 1. The van der Waals surface area contributed by atoms with Gasteiger partial charge in [0, 0.05) is 12.1 Å². The molecule has 5 nitrogen and oxygen atoms in total. The summed E-state index contributed by atoms with van der Waals surface area (Å²) >= 11 is 0. The smallest absolute Gasteiger partial charge is 0.298 e. The van der Waals surface area contributed by atoms with E-state index in [1.165, 1.54) is 5.56 Å². The fourth-order valence-electron chi connectivity index (χ4n) is 2.30. The Hall–Kier alpha value is -2.53. The molecule has 0 spiro atoms. The maximum absolute atomic E-state index is 5.22. The number of benzene rings is 1. The molecule has 0 atom stereocenters. The van der Waals surface area contributed by atoms with Crippen LogP contribution in [-0.4, -0.2) is 34.4 Å². The average Bonchev–Trinajstić information content (AvgIpc) is 2.81. The van der Waals surface area contributed by atoms with Crippen molar-refractivity contribution in [2.24, 2.45) is 5.16 Å². The predicted octanol–water partition coefficient (Wildman–Crippen LogP) is 2.95. The maximum atomic E-state index is 5.22. The van der Waals surface area contributed by atoms with E-state index >= 15 is 0 Å². The van der Waals surface area contributed by atoms with Crippen molar-refractivity contribution in [3.8, 4) is 11.3 Å². The highest BCUT2D eigenvalue weighted by Crippen LogP contribution is 2.25. The fraction of sp³-hybridized carbons (Fsp3) is 0.235. The Kier molecular flexibility index (Phi) is 3.50. The number of oxime groups is 1.